The molecule has 1 aliphatic heterocycles. The maximum atomic E-state index is 15.0. The fourth-order valence-corrected chi connectivity index (χ4v) is 2.81. The molecule has 1 amide bonds. The molecule has 158 valence electrons. The van der Waals surface area contributed by atoms with Gasteiger partial charge < -0.3 is 18.9 Å². The number of carbonyl (C=O) groups excluding carboxylic acids is 1. The number of ether oxygens (including phenoxy) is 4. The van der Waals surface area contributed by atoms with E-state index in [0.717, 1.165) is 5.56 Å². The fraction of sp³-hybridized carbons (Fsp3) is 0.261. The molecule has 2 aromatic carbocycles. The molecular weight excluding hydrogens is 389 g/mol. The van der Waals surface area contributed by atoms with Crippen LogP contribution in [-0.2, 0) is 20.8 Å². The Labute approximate surface area is 174 Å². The van der Waals surface area contributed by atoms with Crippen molar-refractivity contribution in [1.82, 2.24) is 0 Å². The molecule has 0 saturated heterocycles. The lowest BCUT2D eigenvalue weighted by atomic mass is 10.1. The van der Waals surface area contributed by atoms with Gasteiger partial charge in [-0.2, -0.15) is 0 Å². The van der Waals surface area contributed by atoms with E-state index in [2.05, 4.69) is 11.9 Å². The smallest absolute Gasteiger partial charge is 0.412 e. The van der Waals surface area contributed by atoms with Crippen LogP contribution in [0.25, 0.3) is 6.08 Å². The number of carbonyl (C=O) groups is 1. The number of hydrogen-bond donors (Lipinski definition) is 1. The highest BCUT2D eigenvalue weighted by Crippen LogP contribution is 2.34. The van der Waals surface area contributed by atoms with Gasteiger partial charge in [-0.1, -0.05) is 30.9 Å². The van der Waals surface area contributed by atoms with E-state index in [1.54, 1.807) is 45.0 Å². The summed E-state index contributed by atoms with van der Waals surface area (Å²) in [5.74, 6) is -0.524. The van der Waals surface area contributed by atoms with Gasteiger partial charge in [-0.3, -0.25) is 5.32 Å². The third-order valence-electron chi connectivity index (χ3n) is 4.06. The summed E-state index contributed by atoms with van der Waals surface area (Å²) < 4.78 is 36.5. The Kier molecular flexibility index (Phi) is 6.30. The van der Waals surface area contributed by atoms with Crippen LogP contribution in [0.2, 0.25) is 0 Å². The summed E-state index contributed by atoms with van der Waals surface area (Å²) in [7, 11) is 0. The first-order valence-electron chi connectivity index (χ1n) is 9.39. The minimum absolute atomic E-state index is 0.0557. The number of amides is 1. The average molecular weight is 413 g/mol. The maximum Gasteiger partial charge on any atom is 0.412 e. The Bertz CT molecular complexity index is 957. The van der Waals surface area contributed by atoms with Crippen molar-refractivity contribution >= 4 is 17.9 Å². The van der Waals surface area contributed by atoms with Gasteiger partial charge in [-0.05, 0) is 50.1 Å². The average Bonchev–Trinajstić information content (AvgIpc) is 3.19. The normalized spacial score (nSPS) is 13.3. The number of halogens is 1. The van der Waals surface area contributed by atoms with Gasteiger partial charge in [0.15, 0.2) is 11.6 Å². The predicted molar refractivity (Wildman–Crippen MR) is 111 cm³/mol. The predicted octanol–water partition coefficient (Wildman–Crippen LogP) is 5.91. The second-order valence-electron chi connectivity index (χ2n) is 7.58. The van der Waals surface area contributed by atoms with Gasteiger partial charge in [-0.25, -0.2) is 9.18 Å². The molecule has 0 unspecified atom stereocenters. The van der Waals surface area contributed by atoms with Crippen LogP contribution in [0.3, 0.4) is 0 Å². The van der Waals surface area contributed by atoms with Crippen molar-refractivity contribution in [3.05, 3.63) is 78.0 Å². The summed E-state index contributed by atoms with van der Waals surface area (Å²) in [5, 5.41) is 2.67. The highest BCUT2D eigenvalue weighted by atomic mass is 19.1. The third-order valence-corrected chi connectivity index (χ3v) is 4.06. The van der Waals surface area contributed by atoms with Gasteiger partial charge >= 0.3 is 6.09 Å². The van der Waals surface area contributed by atoms with Crippen LogP contribution in [0.1, 0.15) is 43.8 Å². The highest BCUT2D eigenvalue weighted by molar-refractivity contribution is 5.84. The van der Waals surface area contributed by atoms with Crippen LogP contribution in [0.5, 0.6) is 5.75 Å². The van der Waals surface area contributed by atoms with Crippen LogP contribution < -0.4 is 10.1 Å². The van der Waals surface area contributed by atoms with Crippen LogP contribution in [0, 0.1) is 5.82 Å². The Balaban J connectivity index is 1.71. The lowest BCUT2D eigenvalue weighted by Gasteiger charge is -2.20. The van der Waals surface area contributed by atoms with Crippen LogP contribution >= 0.6 is 0 Å². The van der Waals surface area contributed by atoms with E-state index in [9.17, 15) is 4.79 Å². The van der Waals surface area contributed by atoms with Crippen molar-refractivity contribution in [3.8, 4) is 5.75 Å². The molecule has 6 nitrogen and oxygen atoms in total. The summed E-state index contributed by atoms with van der Waals surface area (Å²) in [6, 6.07) is 10.2. The van der Waals surface area contributed by atoms with Crippen LogP contribution in [0.15, 0.2) is 55.5 Å². The molecule has 1 heterocycles. The maximum absolute atomic E-state index is 15.0. The number of nitrogens with one attached hydrogen (secondary N) is 1. The lowest BCUT2D eigenvalue weighted by molar-refractivity contribution is -0.0276. The Morgan fingerprint density at radius 1 is 1.23 bits per heavy atom. The van der Waals surface area contributed by atoms with E-state index < -0.39 is 23.8 Å². The molecule has 2 aromatic rings. The topological polar surface area (TPSA) is 66.0 Å². The summed E-state index contributed by atoms with van der Waals surface area (Å²) in [5.41, 5.74) is 1.46. The van der Waals surface area contributed by atoms with Gasteiger partial charge in [0.2, 0.25) is 0 Å². The number of hydrogen-bond acceptors (Lipinski definition) is 5. The van der Waals surface area contributed by atoms with E-state index >= 15 is 4.39 Å². The summed E-state index contributed by atoms with van der Waals surface area (Å²) in [6.07, 6.45) is 2.80. The molecule has 3 rings (SSSR count). The van der Waals surface area contributed by atoms with Crippen molar-refractivity contribution in [2.45, 2.75) is 39.3 Å². The molecule has 0 fully saturated rings. The van der Waals surface area contributed by atoms with Gasteiger partial charge in [-0.15, -0.1) is 0 Å². The molecule has 0 aromatic heterocycles. The summed E-state index contributed by atoms with van der Waals surface area (Å²) >= 11 is 0. The zero-order chi connectivity index (χ0) is 21.7. The zero-order valence-corrected chi connectivity index (χ0v) is 17.1. The quantitative estimate of drug-likeness (QED) is 0.638. The molecule has 1 N–H and O–H groups in total. The standard InChI is InChI=1S/C23H24FNO5/c1-5-16-9-10-18(20(24)19(16)21-27-11-12-28-21)29-14-15-7-6-8-17(13-15)25-22(26)30-23(2,3)4/h5-13,21H,1,14H2,2-4H3,(H,25,26). The van der Waals surface area contributed by atoms with Crippen LogP contribution in [-0.4, -0.2) is 11.7 Å². The molecule has 0 atom stereocenters. The molecule has 0 bridgehead atoms. The molecule has 0 radical (unpaired) electrons. The lowest BCUT2D eigenvalue weighted by Crippen LogP contribution is -2.27. The van der Waals surface area contributed by atoms with E-state index in [1.165, 1.54) is 24.7 Å². The minimum atomic E-state index is -0.886. The van der Waals surface area contributed by atoms with Gasteiger partial charge in [0.05, 0.1) is 5.56 Å². The van der Waals surface area contributed by atoms with E-state index in [-0.39, 0.29) is 17.9 Å². The van der Waals surface area contributed by atoms with E-state index in [0.29, 0.717) is 11.3 Å². The first kappa shape index (κ1) is 21.2. The summed E-state index contributed by atoms with van der Waals surface area (Å²) in [6.45, 7) is 9.15. The first-order chi connectivity index (χ1) is 14.3. The second kappa shape index (κ2) is 8.90. The number of anilines is 1. The van der Waals surface area contributed by atoms with Gasteiger partial charge in [0.1, 0.15) is 24.7 Å². The Morgan fingerprint density at radius 2 is 1.97 bits per heavy atom. The highest BCUT2D eigenvalue weighted by Gasteiger charge is 2.25. The van der Waals surface area contributed by atoms with Gasteiger partial charge in [0, 0.05) is 5.69 Å². The third kappa shape index (κ3) is 5.31. The minimum Gasteiger partial charge on any atom is -0.486 e. The van der Waals surface area contributed by atoms with E-state index in [4.69, 9.17) is 18.9 Å². The molecule has 30 heavy (non-hydrogen) atoms. The molecular formula is C23H24FNO5. The zero-order valence-electron chi connectivity index (χ0n) is 17.1. The van der Waals surface area contributed by atoms with Crippen LogP contribution in [0.4, 0.5) is 14.9 Å². The van der Waals surface area contributed by atoms with Crippen molar-refractivity contribution in [3.63, 3.8) is 0 Å². The SMILES string of the molecule is C=Cc1ccc(OCc2cccc(NC(=O)OC(C)(C)C)c2)c(F)c1C1OC=CO1. The second-order valence-corrected chi connectivity index (χ2v) is 7.58. The van der Waals surface area contributed by atoms with Crippen molar-refractivity contribution in [2.24, 2.45) is 0 Å². The molecule has 1 aliphatic rings. The molecule has 0 aliphatic carbocycles. The molecule has 0 saturated carbocycles. The monoisotopic (exact) mass is 413 g/mol. The number of rotatable bonds is 6. The Morgan fingerprint density at radius 3 is 2.63 bits per heavy atom. The van der Waals surface area contributed by atoms with Crippen molar-refractivity contribution in [2.75, 3.05) is 5.32 Å². The summed E-state index contributed by atoms with van der Waals surface area (Å²) in [4.78, 5) is 11.9. The van der Waals surface area contributed by atoms with Crippen molar-refractivity contribution < 1.29 is 28.1 Å². The van der Waals surface area contributed by atoms with Gasteiger partial charge in [0.25, 0.3) is 6.29 Å². The first-order valence-corrected chi connectivity index (χ1v) is 9.39. The molecule has 0 spiro atoms. The molecule has 7 heteroatoms. The fourth-order valence-electron chi connectivity index (χ4n) is 2.81. The largest absolute Gasteiger partial charge is 0.486 e. The Hall–Kier alpha value is -3.48. The number of benzene rings is 2. The van der Waals surface area contributed by atoms with Crippen molar-refractivity contribution in [1.29, 1.82) is 0 Å². The van der Waals surface area contributed by atoms with E-state index in [1.807, 2.05) is 6.07 Å².